The van der Waals surface area contributed by atoms with Crippen molar-refractivity contribution in [3.63, 3.8) is 0 Å². The van der Waals surface area contributed by atoms with Gasteiger partial charge in [-0.15, -0.1) is 0 Å². The van der Waals surface area contributed by atoms with Crippen molar-refractivity contribution in [2.24, 2.45) is 5.92 Å². The Bertz CT molecular complexity index is 531. The number of aryl methyl sites for hydroxylation is 1. The van der Waals surface area contributed by atoms with Crippen LogP contribution in [0, 0.1) is 5.92 Å². The molecule has 0 bridgehead atoms. The molecule has 0 unspecified atom stereocenters. The number of hydrogen-bond acceptors (Lipinski definition) is 3. The number of rotatable bonds is 8. The van der Waals surface area contributed by atoms with Gasteiger partial charge in [0.1, 0.15) is 0 Å². The molecule has 1 heterocycles. The van der Waals surface area contributed by atoms with E-state index in [1.54, 1.807) is 0 Å². The summed E-state index contributed by atoms with van der Waals surface area (Å²) in [6.45, 7) is 7.91. The van der Waals surface area contributed by atoms with Crippen molar-refractivity contribution in [3.05, 3.63) is 35.4 Å². The van der Waals surface area contributed by atoms with Crippen molar-refractivity contribution in [1.82, 2.24) is 10.2 Å². The van der Waals surface area contributed by atoms with Crippen molar-refractivity contribution in [3.8, 4) is 0 Å². The molecule has 1 aliphatic rings. The summed E-state index contributed by atoms with van der Waals surface area (Å²) in [5, 5.41) is 3.38. The van der Waals surface area contributed by atoms with Crippen molar-refractivity contribution in [1.29, 1.82) is 0 Å². The molecule has 1 fully saturated rings. The second-order valence-electron chi connectivity index (χ2n) is 6.61. The summed E-state index contributed by atoms with van der Waals surface area (Å²) < 4.78 is 0. The van der Waals surface area contributed by atoms with E-state index >= 15 is 0 Å². The number of Topliss-reactive ketones (excluding diaryl/α,β-unsaturated/α-hetero) is 1. The Morgan fingerprint density at radius 1 is 1.08 bits per heavy atom. The van der Waals surface area contributed by atoms with Crippen LogP contribution in [0.3, 0.4) is 0 Å². The van der Waals surface area contributed by atoms with E-state index in [2.05, 4.69) is 19.2 Å². The van der Waals surface area contributed by atoms with E-state index in [0.29, 0.717) is 24.3 Å². The maximum atomic E-state index is 12.3. The van der Waals surface area contributed by atoms with Crippen LogP contribution in [0.1, 0.15) is 55.5 Å². The van der Waals surface area contributed by atoms with Gasteiger partial charge in [-0.1, -0.05) is 38.1 Å². The molecular formula is C20H30N2O2. The van der Waals surface area contributed by atoms with Gasteiger partial charge in [-0.3, -0.25) is 9.59 Å². The summed E-state index contributed by atoms with van der Waals surface area (Å²) >= 11 is 0. The number of likely N-dealkylation sites (tertiary alicyclic amines) is 1. The predicted molar refractivity (Wildman–Crippen MR) is 97.2 cm³/mol. The summed E-state index contributed by atoms with van der Waals surface area (Å²) in [6.07, 6.45) is 3.72. The Kier molecular flexibility index (Phi) is 7.44. The lowest BCUT2D eigenvalue weighted by Gasteiger charge is -2.32. The third-order valence-corrected chi connectivity index (χ3v) is 4.90. The standard InChI is InChI=1S/C20H30N2O2/c1-3-16-5-7-18(8-6-16)19(23)9-10-20(24)22-13-11-17(12-14-22)15-21-4-2/h5-8,17,21H,3-4,9-15H2,1-2H3. The summed E-state index contributed by atoms with van der Waals surface area (Å²) in [6, 6.07) is 7.73. The minimum Gasteiger partial charge on any atom is -0.343 e. The van der Waals surface area contributed by atoms with E-state index in [9.17, 15) is 9.59 Å². The number of hydrogen-bond donors (Lipinski definition) is 1. The van der Waals surface area contributed by atoms with Crippen LogP contribution in [0.15, 0.2) is 24.3 Å². The number of benzene rings is 1. The SMILES string of the molecule is CCNCC1CCN(C(=O)CCC(=O)c2ccc(CC)cc2)CC1. The molecule has 0 spiro atoms. The van der Waals surface area contributed by atoms with Crippen LogP contribution in [-0.2, 0) is 11.2 Å². The van der Waals surface area contributed by atoms with Crippen molar-refractivity contribution < 1.29 is 9.59 Å². The molecule has 1 aliphatic heterocycles. The molecule has 0 aliphatic carbocycles. The Morgan fingerprint density at radius 3 is 2.33 bits per heavy atom. The van der Waals surface area contributed by atoms with Crippen molar-refractivity contribution >= 4 is 11.7 Å². The Balaban J connectivity index is 1.73. The van der Waals surface area contributed by atoms with Gasteiger partial charge in [0.05, 0.1) is 0 Å². The van der Waals surface area contributed by atoms with Gasteiger partial charge in [0.2, 0.25) is 5.91 Å². The average Bonchev–Trinajstić information content (AvgIpc) is 2.64. The van der Waals surface area contributed by atoms with Crippen LogP contribution < -0.4 is 5.32 Å². The molecule has 0 saturated carbocycles. The zero-order valence-corrected chi connectivity index (χ0v) is 15.0. The van der Waals surface area contributed by atoms with E-state index in [1.165, 1.54) is 5.56 Å². The van der Waals surface area contributed by atoms with Crippen LogP contribution in [0.4, 0.5) is 0 Å². The summed E-state index contributed by atoms with van der Waals surface area (Å²) in [7, 11) is 0. The van der Waals surface area contributed by atoms with Crippen LogP contribution in [0.25, 0.3) is 0 Å². The normalized spacial score (nSPS) is 15.5. The summed E-state index contributed by atoms with van der Waals surface area (Å²) in [5.41, 5.74) is 1.94. The fraction of sp³-hybridized carbons (Fsp3) is 0.600. The third-order valence-electron chi connectivity index (χ3n) is 4.90. The Morgan fingerprint density at radius 2 is 1.75 bits per heavy atom. The molecule has 0 aromatic heterocycles. The number of amides is 1. The smallest absolute Gasteiger partial charge is 0.223 e. The molecule has 1 aromatic rings. The molecule has 1 aromatic carbocycles. The van der Waals surface area contributed by atoms with Gasteiger partial charge < -0.3 is 10.2 Å². The van der Waals surface area contributed by atoms with Gasteiger partial charge in [0.15, 0.2) is 5.78 Å². The second kappa shape index (κ2) is 9.58. The van der Waals surface area contributed by atoms with Gasteiger partial charge in [0.25, 0.3) is 0 Å². The highest BCUT2D eigenvalue weighted by Gasteiger charge is 2.22. The van der Waals surface area contributed by atoms with Crippen LogP contribution in [0.2, 0.25) is 0 Å². The van der Waals surface area contributed by atoms with Gasteiger partial charge in [0, 0.05) is 31.5 Å². The van der Waals surface area contributed by atoms with Gasteiger partial charge in [-0.05, 0) is 43.8 Å². The quantitative estimate of drug-likeness (QED) is 0.745. The highest BCUT2D eigenvalue weighted by molar-refractivity contribution is 5.97. The molecule has 0 radical (unpaired) electrons. The fourth-order valence-electron chi connectivity index (χ4n) is 3.18. The molecule has 0 atom stereocenters. The minimum absolute atomic E-state index is 0.0630. The lowest BCUT2D eigenvalue weighted by atomic mass is 9.96. The van der Waals surface area contributed by atoms with Gasteiger partial charge in [-0.2, -0.15) is 0 Å². The monoisotopic (exact) mass is 330 g/mol. The van der Waals surface area contributed by atoms with Gasteiger partial charge in [-0.25, -0.2) is 0 Å². The third kappa shape index (κ3) is 5.45. The molecular weight excluding hydrogens is 300 g/mol. The lowest BCUT2D eigenvalue weighted by molar-refractivity contribution is -0.132. The van der Waals surface area contributed by atoms with Crippen molar-refractivity contribution in [2.75, 3.05) is 26.2 Å². The Labute approximate surface area is 145 Å². The van der Waals surface area contributed by atoms with Crippen LogP contribution in [-0.4, -0.2) is 42.8 Å². The first-order chi connectivity index (χ1) is 11.6. The largest absolute Gasteiger partial charge is 0.343 e. The summed E-state index contributed by atoms with van der Waals surface area (Å²) in [4.78, 5) is 26.5. The number of piperidine rings is 1. The molecule has 1 saturated heterocycles. The number of carbonyl (C=O) groups excluding carboxylic acids is 2. The molecule has 4 nitrogen and oxygen atoms in total. The van der Waals surface area contributed by atoms with Crippen LogP contribution in [0.5, 0.6) is 0 Å². The molecule has 4 heteroatoms. The zero-order chi connectivity index (χ0) is 17.4. The summed E-state index contributed by atoms with van der Waals surface area (Å²) in [5.74, 6) is 0.858. The highest BCUT2D eigenvalue weighted by Crippen LogP contribution is 2.18. The molecule has 1 amide bonds. The van der Waals surface area contributed by atoms with E-state index in [4.69, 9.17) is 0 Å². The zero-order valence-electron chi connectivity index (χ0n) is 15.0. The van der Waals surface area contributed by atoms with E-state index in [0.717, 1.165) is 45.4 Å². The van der Waals surface area contributed by atoms with E-state index in [1.807, 2.05) is 29.2 Å². The molecule has 24 heavy (non-hydrogen) atoms. The first kappa shape index (κ1) is 18.7. The fourth-order valence-corrected chi connectivity index (χ4v) is 3.18. The number of nitrogens with zero attached hydrogens (tertiary/aromatic N) is 1. The van der Waals surface area contributed by atoms with Crippen molar-refractivity contribution in [2.45, 2.75) is 46.0 Å². The lowest BCUT2D eigenvalue weighted by Crippen LogP contribution is -2.40. The average molecular weight is 330 g/mol. The first-order valence-corrected chi connectivity index (χ1v) is 9.24. The maximum absolute atomic E-state index is 12.3. The Hall–Kier alpha value is -1.68. The minimum atomic E-state index is 0.0630. The predicted octanol–water partition coefficient (Wildman–Crippen LogP) is 3.06. The number of ketones is 1. The van der Waals surface area contributed by atoms with E-state index in [-0.39, 0.29) is 11.7 Å². The topological polar surface area (TPSA) is 49.4 Å². The molecule has 1 N–H and O–H groups in total. The molecule has 132 valence electrons. The first-order valence-electron chi connectivity index (χ1n) is 9.24. The van der Waals surface area contributed by atoms with Gasteiger partial charge >= 0.3 is 0 Å². The van der Waals surface area contributed by atoms with E-state index < -0.39 is 0 Å². The maximum Gasteiger partial charge on any atom is 0.223 e. The second-order valence-corrected chi connectivity index (χ2v) is 6.61. The molecule has 2 rings (SSSR count). The number of nitrogens with one attached hydrogen (secondary N) is 1. The highest BCUT2D eigenvalue weighted by atomic mass is 16.2. The number of carbonyl (C=O) groups is 2. The van der Waals surface area contributed by atoms with Crippen LogP contribution >= 0.6 is 0 Å².